The zero-order valence-electron chi connectivity index (χ0n) is 18.7. The van der Waals surface area contributed by atoms with E-state index in [1.165, 1.54) is 0 Å². The van der Waals surface area contributed by atoms with Crippen LogP contribution >= 0.6 is 0 Å². The highest BCUT2D eigenvalue weighted by molar-refractivity contribution is 6.01. The molecule has 172 valence electrons. The number of aryl methyl sites for hydroxylation is 1. The summed E-state index contributed by atoms with van der Waals surface area (Å²) in [5.41, 5.74) is 3.33. The third-order valence-electron chi connectivity index (χ3n) is 6.27. The van der Waals surface area contributed by atoms with Crippen molar-refractivity contribution in [1.29, 1.82) is 0 Å². The number of nitrogens with zero attached hydrogens (tertiary/aromatic N) is 5. The molecule has 0 aromatic carbocycles. The quantitative estimate of drug-likeness (QED) is 0.377. The second kappa shape index (κ2) is 8.80. The van der Waals surface area contributed by atoms with Gasteiger partial charge >= 0.3 is 0 Å². The molecule has 3 N–H and O–H groups in total. The fourth-order valence-corrected chi connectivity index (χ4v) is 4.34. The standard InChI is InChI=1S/C23H27N7O3/c1-24-20-11-18(16-13-29(9-4-10-31)21-14(16)5-3-8-25-21)27-22-15(12-26-30(20)22)23(32)28-17-6-7-19(17)33-2/h3,5,8,11-13,17,19,24,31H,4,6-7,9-10H2,1-2H3,(H,28,32)/t17-,19-/m1/s1. The van der Waals surface area contributed by atoms with Crippen molar-refractivity contribution in [3.63, 3.8) is 0 Å². The number of methoxy groups -OCH3 is 1. The number of ether oxygens (including phenoxy) is 1. The molecule has 10 heteroatoms. The number of nitrogens with one attached hydrogen (secondary N) is 2. The van der Waals surface area contributed by atoms with E-state index in [-0.39, 0.29) is 24.7 Å². The first-order valence-corrected chi connectivity index (χ1v) is 11.1. The number of hydrogen-bond donors (Lipinski definition) is 3. The maximum atomic E-state index is 13.0. The Bertz CT molecular complexity index is 1310. The summed E-state index contributed by atoms with van der Waals surface area (Å²) in [6.07, 6.45) is 7.81. The Labute approximate surface area is 190 Å². The first-order valence-electron chi connectivity index (χ1n) is 11.1. The van der Waals surface area contributed by atoms with Crippen molar-refractivity contribution >= 4 is 28.4 Å². The van der Waals surface area contributed by atoms with Crippen molar-refractivity contribution in [2.75, 3.05) is 26.1 Å². The van der Waals surface area contributed by atoms with E-state index in [2.05, 4.69) is 20.7 Å². The fourth-order valence-electron chi connectivity index (χ4n) is 4.34. The molecule has 2 atom stereocenters. The highest BCUT2D eigenvalue weighted by Gasteiger charge is 2.33. The molecule has 0 radical (unpaired) electrons. The van der Waals surface area contributed by atoms with Crippen LogP contribution in [0.25, 0.3) is 27.9 Å². The van der Waals surface area contributed by atoms with Crippen molar-refractivity contribution in [3.8, 4) is 11.3 Å². The van der Waals surface area contributed by atoms with Crippen LogP contribution < -0.4 is 10.6 Å². The normalized spacial score (nSPS) is 17.9. The molecule has 0 unspecified atom stereocenters. The molecule has 4 aromatic heterocycles. The Balaban J connectivity index is 1.59. The second-order valence-corrected chi connectivity index (χ2v) is 8.19. The summed E-state index contributed by atoms with van der Waals surface area (Å²) >= 11 is 0. The Morgan fingerprint density at radius 1 is 1.33 bits per heavy atom. The molecule has 1 fully saturated rings. The Kier molecular flexibility index (Phi) is 5.69. The lowest BCUT2D eigenvalue weighted by atomic mass is 9.89. The van der Waals surface area contributed by atoms with Gasteiger partial charge in [-0.25, -0.2) is 9.97 Å². The van der Waals surface area contributed by atoms with E-state index < -0.39 is 0 Å². The number of aromatic nitrogens is 5. The molecule has 33 heavy (non-hydrogen) atoms. The fraction of sp³-hybridized carbons (Fsp3) is 0.391. The Morgan fingerprint density at radius 3 is 2.94 bits per heavy atom. The summed E-state index contributed by atoms with van der Waals surface area (Å²) in [5, 5.41) is 20.8. The van der Waals surface area contributed by atoms with Crippen LogP contribution in [0.2, 0.25) is 0 Å². The lowest BCUT2D eigenvalue weighted by molar-refractivity contribution is 0.00732. The summed E-state index contributed by atoms with van der Waals surface area (Å²) < 4.78 is 9.06. The van der Waals surface area contributed by atoms with Crippen LogP contribution in [-0.4, -0.2) is 68.1 Å². The third-order valence-corrected chi connectivity index (χ3v) is 6.27. The van der Waals surface area contributed by atoms with E-state index in [1.807, 2.05) is 36.0 Å². The van der Waals surface area contributed by atoms with E-state index in [4.69, 9.17) is 9.72 Å². The van der Waals surface area contributed by atoms with Crippen LogP contribution in [0.5, 0.6) is 0 Å². The number of carbonyl (C=O) groups is 1. The molecule has 4 heterocycles. The van der Waals surface area contributed by atoms with Gasteiger partial charge in [-0.3, -0.25) is 4.79 Å². The van der Waals surface area contributed by atoms with Crippen LogP contribution in [0.15, 0.2) is 36.8 Å². The van der Waals surface area contributed by atoms with Gasteiger partial charge in [0.05, 0.1) is 24.0 Å². The zero-order chi connectivity index (χ0) is 22.9. The molecule has 1 aliphatic carbocycles. The van der Waals surface area contributed by atoms with Gasteiger partial charge in [0.1, 0.15) is 17.0 Å². The van der Waals surface area contributed by atoms with Crippen molar-refractivity contribution in [2.45, 2.75) is 38.0 Å². The highest BCUT2D eigenvalue weighted by Crippen LogP contribution is 2.31. The van der Waals surface area contributed by atoms with Gasteiger partial charge in [0.25, 0.3) is 5.91 Å². The van der Waals surface area contributed by atoms with Crippen LogP contribution in [0, 0.1) is 0 Å². The zero-order valence-corrected chi connectivity index (χ0v) is 18.7. The first kappa shape index (κ1) is 21.4. The highest BCUT2D eigenvalue weighted by atomic mass is 16.5. The molecule has 10 nitrogen and oxygen atoms in total. The lowest BCUT2D eigenvalue weighted by Gasteiger charge is -2.35. The molecule has 0 aliphatic heterocycles. The average Bonchev–Trinajstić information content (AvgIpc) is 3.42. The molecule has 5 rings (SSSR count). The van der Waals surface area contributed by atoms with Gasteiger partial charge in [-0.05, 0) is 31.4 Å². The maximum absolute atomic E-state index is 13.0. The molecule has 1 aliphatic rings. The van der Waals surface area contributed by atoms with E-state index in [9.17, 15) is 9.90 Å². The molecule has 0 saturated heterocycles. The number of amides is 1. The van der Waals surface area contributed by atoms with Gasteiger partial charge in [0, 0.05) is 56.7 Å². The minimum Gasteiger partial charge on any atom is -0.396 e. The minimum absolute atomic E-state index is 0.0000204. The molecule has 4 aromatic rings. The summed E-state index contributed by atoms with van der Waals surface area (Å²) in [5.74, 6) is 0.503. The summed E-state index contributed by atoms with van der Waals surface area (Å²) in [4.78, 5) is 22.4. The van der Waals surface area contributed by atoms with Crippen molar-refractivity contribution in [2.24, 2.45) is 0 Å². The van der Waals surface area contributed by atoms with Crippen LogP contribution in [0.4, 0.5) is 5.82 Å². The molecule has 0 spiro atoms. The third kappa shape index (κ3) is 3.70. The summed E-state index contributed by atoms with van der Waals surface area (Å²) in [6, 6.07) is 5.80. The number of carbonyl (C=O) groups excluding carboxylic acids is 1. The number of aliphatic hydroxyl groups is 1. The molecule has 1 saturated carbocycles. The topological polar surface area (TPSA) is 119 Å². The monoisotopic (exact) mass is 449 g/mol. The van der Waals surface area contributed by atoms with Crippen molar-refractivity contribution < 1.29 is 14.6 Å². The molecule has 0 bridgehead atoms. The predicted molar refractivity (Wildman–Crippen MR) is 124 cm³/mol. The SMILES string of the molecule is CNc1cc(-c2cn(CCCO)c3ncccc23)nc2c(C(=O)N[C@@H]3CC[C@H]3OC)cnn12. The second-order valence-electron chi connectivity index (χ2n) is 8.19. The van der Waals surface area contributed by atoms with Crippen LogP contribution in [0.3, 0.4) is 0 Å². The number of aliphatic hydroxyl groups excluding tert-OH is 1. The number of rotatable bonds is 8. The minimum atomic E-state index is -0.213. The van der Waals surface area contributed by atoms with Crippen LogP contribution in [0.1, 0.15) is 29.6 Å². The Hall–Kier alpha value is -3.50. The smallest absolute Gasteiger partial charge is 0.257 e. The number of pyridine rings is 1. The average molecular weight is 450 g/mol. The summed E-state index contributed by atoms with van der Waals surface area (Å²) in [7, 11) is 3.47. The molecular formula is C23H27N7O3. The number of fused-ring (bicyclic) bond motifs is 2. The van der Waals surface area contributed by atoms with Gasteiger partial charge in [-0.1, -0.05) is 0 Å². The Morgan fingerprint density at radius 2 is 2.21 bits per heavy atom. The largest absolute Gasteiger partial charge is 0.396 e. The first-order chi connectivity index (χ1) is 16.1. The lowest BCUT2D eigenvalue weighted by Crippen LogP contribution is -2.51. The number of hydrogen-bond acceptors (Lipinski definition) is 7. The van der Waals surface area contributed by atoms with Gasteiger partial charge in [0.2, 0.25) is 0 Å². The van der Waals surface area contributed by atoms with Crippen molar-refractivity contribution in [3.05, 3.63) is 42.4 Å². The van der Waals surface area contributed by atoms with E-state index in [0.29, 0.717) is 35.7 Å². The van der Waals surface area contributed by atoms with E-state index >= 15 is 0 Å². The summed E-state index contributed by atoms with van der Waals surface area (Å²) in [6.45, 7) is 0.753. The van der Waals surface area contributed by atoms with E-state index in [0.717, 1.165) is 29.4 Å². The van der Waals surface area contributed by atoms with Crippen LogP contribution in [-0.2, 0) is 11.3 Å². The number of anilines is 1. The molecular weight excluding hydrogens is 422 g/mol. The van der Waals surface area contributed by atoms with Gasteiger partial charge in [-0.2, -0.15) is 9.61 Å². The van der Waals surface area contributed by atoms with Gasteiger partial charge < -0.3 is 25.0 Å². The van der Waals surface area contributed by atoms with E-state index in [1.54, 1.807) is 24.0 Å². The predicted octanol–water partition coefficient (Wildman–Crippen LogP) is 2.08. The molecule has 1 amide bonds. The van der Waals surface area contributed by atoms with Gasteiger partial charge in [-0.15, -0.1) is 0 Å². The van der Waals surface area contributed by atoms with Gasteiger partial charge in [0.15, 0.2) is 5.65 Å². The maximum Gasteiger partial charge on any atom is 0.257 e. The van der Waals surface area contributed by atoms with Crippen molar-refractivity contribution in [1.82, 2.24) is 29.5 Å².